The normalized spacial score (nSPS) is 17.3. The van der Waals surface area contributed by atoms with Gasteiger partial charge in [0.2, 0.25) is 5.91 Å². The predicted molar refractivity (Wildman–Crippen MR) is 87.0 cm³/mol. The summed E-state index contributed by atoms with van der Waals surface area (Å²) in [5.74, 6) is -0.393. The first-order valence-electron chi connectivity index (χ1n) is 8.05. The molecule has 2 aromatic rings. The summed E-state index contributed by atoms with van der Waals surface area (Å²) in [5.41, 5.74) is 6.36. The van der Waals surface area contributed by atoms with Gasteiger partial charge in [0.1, 0.15) is 24.4 Å². The monoisotopic (exact) mass is 372 g/mol. The Morgan fingerprint density at radius 3 is 2.73 bits per heavy atom. The second kappa shape index (κ2) is 7.41. The van der Waals surface area contributed by atoms with Crippen LogP contribution in [-0.4, -0.2) is 75.3 Å². The van der Waals surface area contributed by atoms with Crippen LogP contribution in [-0.2, 0) is 11.3 Å². The standard InChI is InChI=1S/C14H19F3N8O/c15-14(16,17)9(24-3-1-19-2-4-24)5-20-10(26)6-25-8-23-11-12(18)21-7-22-13(11)25/h7-9,19H,1-6H2,(H,20,26)(H2,18,21,22). The number of piperazine rings is 1. The molecule has 0 aromatic carbocycles. The van der Waals surface area contributed by atoms with Crippen molar-refractivity contribution in [2.45, 2.75) is 18.8 Å². The lowest BCUT2D eigenvalue weighted by atomic mass is 10.2. The van der Waals surface area contributed by atoms with E-state index in [2.05, 4.69) is 25.6 Å². The average molecular weight is 372 g/mol. The Balaban J connectivity index is 1.63. The number of nitrogens with zero attached hydrogens (tertiary/aromatic N) is 5. The maximum absolute atomic E-state index is 13.3. The van der Waals surface area contributed by atoms with E-state index in [1.165, 1.54) is 22.1 Å². The molecular weight excluding hydrogens is 353 g/mol. The molecule has 1 amide bonds. The third-order valence-corrected chi connectivity index (χ3v) is 4.21. The van der Waals surface area contributed by atoms with Gasteiger partial charge in [-0.2, -0.15) is 13.2 Å². The Hall–Kier alpha value is -2.47. The lowest BCUT2D eigenvalue weighted by Crippen LogP contribution is -2.57. The highest BCUT2D eigenvalue weighted by Gasteiger charge is 2.43. The van der Waals surface area contributed by atoms with Crippen LogP contribution in [0, 0.1) is 0 Å². The number of hydrogen-bond donors (Lipinski definition) is 3. The number of nitrogens with two attached hydrogens (primary N) is 1. The Morgan fingerprint density at radius 2 is 2.04 bits per heavy atom. The van der Waals surface area contributed by atoms with Gasteiger partial charge in [0.25, 0.3) is 0 Å². The molecule has 3 rings (SSSR count). The van der Waals surface area contributed by atoms with Crippen molar-refractivity contribution in [1.29, 1.82) is 0 Å². The van der Waals surface area contributed by atoms with Crippen LogP contribution in [0.3, 0.4) is 0 Å². The van der Waals surface area contributed by atoms with Gasteiger partial charge in [-0.25, -0.2) is 15.0 Å². The van der Waals surface area contributed by atoms with Crippen molar-refractivity contribution in [3.05, 3.63) is 12.7 Å². The van der Waals surface area contributed by atoms with E-state index in [1.54, 1.807) is 0 Å². The second-order valence-electron chi connectivity index (χ2n) is 5.95. The molecule has 12 heteroatoms. The summed E-state index contributed by atoms with van der Waals surface area (Å²) < 4.78 is 41.4. The van der Waals surface area contributed by atoms with Gasteiger partial charge in [-0.15, -0.1) is 0 Å². The van der Waals surface area contributed by atoms with Crippen molar-refractivity contribution in [2.75, 3.05) is 38.5 Å². The number of anilines is 1. The van der Waals surface area contributed by atoms with Crippen molar-refractivity contribution in [1.82, 2.24) is 35.1 Å². The zero-order valence-electron chi connectivity index (χ0n) is 13.8. The molecule has 1 fully saturated rings. The van der Waals surface area contributed by atoms with Crippen LogP contribution in [0.5, 0.6) is 0 Å². The molecule has 0 saturated carbocycles. The van der Waals surface area contributed by atoms with Crippen LogP contribution in [0.1, 0.15) is 0 Å². The fraction of sp³-hybridized carbons (Fsp3) is 0.571. The largest absolute Gasteiger partial charge is 0.405 e. The number of fused-ring (bicyclic) bond motifs is 1. The molecule has 1 atom stereocenters. The smallest absolute Gasteiger partial charge is 0.382 e. The van der Waals surface area contributed by atoms with E-state index in [0.717, 1.165) is 0 Å². The molecule has 3 heterocycles. The van der Waals surface area contributed by atoms with Crippen LogP contribution in [0.15, 0.2) is 12.7 Å². The fourth-order valence-corrected chi connectivity index (χ4v) is 2.88. The van der Waals surface area contributed by atoms with Crippen molar-refractivity contribution < 1.29 is 18.0 Å². The summed E-state index contributed by atoms with van der Waals surface area (Å²) in [7, 11) is 0. The van der Waals surface area contributed by atoms with Gasteiger partial charge in [0.15, 0.2) is 11.5 Å². The summed E-state index contributed by atoms with van der Waals surface area (Å²) in [5, 5.41) is 5.37. The quantitative estimate of drug-likeness (QED) is 0.640. The van der Waals surface area contributed by atoms with Crippen LogP contribution in [0.2, 0.25) is 0 Å². The number of amides is 1. The minimum Gasteiger partial charge on any atom is -0.382 e. The van der Waals surface area contributed by atoms with E-state index in [-0.39, 0.29) is 25.5 Å². The number of hydrogen-bond acceptors (Lipinski definition) is 7. The summed E-state index contributed by atoms with van der Waals surface area (Å²) in [6.07, 6.45) is -1.83. The summed E-state index contributed by atoms with van der Waals surface area (Å²) in [6.45, 7) is 0.821. The first-order chi connectivity index (χ1) is 12.4. The molecular formula is C14H19F3N8O. The van der Waals surface area contributed by atoms with E-state index in [4.69, 9.17) is 5.73 Å². The second-order valence-corrected chi connectivity index (χ2v) is 5.95. The van der Waals surface area contributed by atoms with Crippen LogP contribution in [0.4, 0.5) is 19.0 Å². The Bertz CT molecular complexity index is 771. The van der Waals surface area contributed by atoms with E-state index in [0.29, 0.717) is 24.3 Å². The Labute approximate surface area is 146 Å². The van der Waals surface area contributed by atoms with Gasteiger partial charge in [-0.05, 0) is 0 Å². The minimum absolute atomic E-state index is 0.171. The molecule has 26 heavy (non-hydrogen) atoms. The third kappa shape index (κ3) is 4.02. The first kappa shape index (κ1) is 18.3. The van der Waals surface area contributed by atoms with Crippen molar-refractivity contribution in [3.8, 4) is 0 Å². The number of nitrogens with one attached hydrogen (secondary N) is 2. The van der Waals surface area contributed by atoms with Crippen molar-refractivity contribution in [3.63, 3.8) is 0 Å². The van der Waals surface area contributed by atoms with E-state index < -0.39 is 24.7 Å². The zero-order valence-corrected chi connectivity index (χ0v) is 13.8. The fourth-order valence-electron chi connectivity index (χ4n) is 2.88. The number of aromatic nitrogens is 4. The molecule has 4 N–H and O–H groups in total. The van der Waals surface area contributed by atoms with E-state index >= 15 is 0 Å². The highest BCUT2D eigenvalue weighted by Crippen LogP contribution is 2.24. The molecule has 1 unspecified atom stereocenters. The van der Waals surface area contributed by atoms with Crippen LogP contribution < -0.4 is 16.4 Å². The summed E-state index contributed by atoms with van der Waals surface area (Å²) in [6, 6.07) is -1.72. The van der Waals surface area contributed by atoms with Crippen molar-refractivity contribution >= 4 is 22.9 Å². The molecule has 2 aromatic heterocycles. The predicted octanol–water partition coefficient (Wildman–Crippen LogP) is -0.639. The number of imidazole rings is 1. The lowest BCUT2D eigenvalue weighted by Gasteiger charge is -2.35. The Morgan fingerprint density at radius 1 is 1.31 bits per heavy atom. The van der Waals surface area contributed by atoms with Gasteiger partial charge in [-0.3, -0.25) is 9.69 Å². The highest BCUT2D eigenvalue weighted by atomic mass is 19.4. The first-order valence-corrected chi connectivity index (χ1v) is 8.05. The van der Waals surface area contributed by atoms with Crippen LogP contribution in [0.25, 0.3) is 11.2 Å². The lowest BCUT2D eigenvalue weighted by molar-refractivity contribution is -0.184. The van der Waals surface area contributed by atoms with Gasteiger partial charge in [-0.1, -0.05) is 0 Å². The third-order valence-electron chi connectivity index (χ3n) is 4.21. The molecule has 142 valence electrons. The summed E-state index contributed by atoms with van der Waals surface area (Å²) >= 11 is 0. The Kier molecular flexibility index (Phi) is 5.23. The summed E-state index contributed by atoms with van der Waals surface area (Å²) in [4.78, 5) is 25.3. The highest BCUT2D eigenvalue weighted by molar-refractivity contribution is 5.83. The molecule has 0 radical (unpaired) electrons. The maximum Gasteiger partial charge on any atom is 0.405 e. The van der Waals surface area contributed by atoms with Crippen molar-refractivity contribution in [2.24, 2.45) is 0 Å². The maximum atomic E-state index is 13.3. The van der Waals surface area contributed by atoms with E-state index in [1.807, 2.05) is 0 Å². The van der Waals surface area contributed by atoms with Gasteiger partial charge >= 0.3 is 6.18 Å². The number of carbonyl (C=O) groups excluding carboxylic acids is 1. The number of nitrogen functional groups attached to an aromatic ring is 1. The molecule has 1 aliphatic rings. The van der Waals surface area contributed by atoms with Gasteiger partial charge in [0.05, 0.1) is 6.33 Å². The minimum atomic E-state index is -4.42. The zero-order chi connectivity index (χ0) is 18.7. The van der Waals surface area contributed by atoms with Gasteiger partial charge < -0.3 is 20.9 Å². The number of carbonyl (C=O) groups is 1. The molecule has 0 bridgehead atoms. The average Bonchev–Trinajstić information content (AvgIpc) is 2.99. The van der Waals surface area contributed by atoms with Gasteiger partial charge in [0, 0.05) is 32.7 Å². The molecule has 0 aliphatic carbocycles. The number of rotatable bonds is 5. The molecule has 1 saturated heterocycles. The topological polar surface area (TPSA) is 114 Å². The van der Waals surface area contributed by atoms with Crippen LogP contribution >= 0.6 is 0 Å². The number of halogens is 3. The van der Waals surface area contributed by atoms with E-state index in [9.17, 15) is 18.0 Å². The molecule has 0 spiro atoms. The SMILES string of the molecule is Nc1ncnc2c1ncn2CC(=O)NCC(N1CCNCC1)C(F)(F)F. The molecule has 9 nitrogen and oxygen atoms in total. The molecule has 1 aliphatic heterocycles. The number of alkyl halides is 3.